The molecule has 2 N–H and O–H groups in total. The molecule has 0 radical (unpaired) electrons. The van der Waals surface area contributed by atoms with E-state index in [9.17, 15) is 17.7 Å². The van der Waals surface area contributed by atoms with E-state index in [0.29, 0.717) is 19.3 Å². The average Bonchev–Trinajstić information content (AvgIpc) is 2.30. The van der Waals surface area contributed by atoms with Gasteiger partial charge in [0.25, 0.3) is 6.43 Å². The summed E-state index contributed by atoms with van der Waals surface area (Å²) in [4.78, 5) is 0. The summed E-state index contributed by atoms with van der Waals surface area (Å²) in [7, 11) is 0. The first-order valence-electron chi connectivity index (χ1n) is 5.97. The Hall–Kier alpha value is -0.720. The zero-order valence-electron chi connectivity index (χ0n) is 11.0. The highest BCUT2D eigenvalue weighted by Crippen LogP contribution is 2.26. The van der Waals surface area contributed by atoms with Gasteiger partial charge in [0, 0.05) is 11.4 Å². The van der Waals surface area contributed by atoms with Gasteiger partial charge in [-0.3, -0.25) is 0 Å². The lowest BCUT2D eigenvalue weighted by Crippen LogP contribution is -2.37. The van der Waals surface area contributed by atoms with E-state index in [0.717, 1.165) is 6.07 Å². The van der Waals surface area contributed by atoms with E-state index in [1.54, 1.807) is 13.8 Å². The molecule has 1 aromatic carbocycles. The van der Waals surface area contributed by atoms with Gasteiger partial charge in [-0.05, 0) is 38.7 Å². The number of halogens is 3. The SMILES string of the molecule is CC(C)(CCCc1cccc(C(F)F)c1F)[S+](N)[O-]. The van der Waals surface area contributed by atoms with Crippen LogP contribution in [0.2, 0.25) is 0 Å². The van der Waals surface area contributed by atoms with E-state index >= 15 is 0 Å². The summed E-state index contributed by atoms with van der Waals surface area (Å²) in [6, 6.07) is 4.00. The maximum absolute atomic E-state index is 13.7. The van der Waals surface area contributed by atoms with Gasteiger partial charge >= 0.3 is 0 Å². The van der Waals surface area contributed by atoms with Crippen LogP contribution in [0.4, 0.5) is 13.2 Å². The van der Waals surface area contributed by atoms with Crippen LogP contribution in [0.1, 0.15) is 44.2 Å². The number of nitrogens with two attached hydrogens (primary N) is 1. The molecular weight excluding hydrogens is 275 g/mol. The molecule has 1 atom stereocenters. The summed E-state index contributed by atoms with van der Waals surface area (Å²) < 4.78 is 49.5. The molecule has 0 aromatic heterocycles. The number of hydrogen-bond acceptors (Lipinski definition) is 2. The molecule has 0 amide bonds. The van der Waals surface area contributed by atoms with Gasteiger partial charge in [-0.25, -0.2) is 13.2 Å². The molecule has 2 nitrogen and oxygen atoms in total. The molecule has 108 valence electrons. The minimum absolute atomic E-state index is 0.261. The lowest BCUT2D eigenvalue weighted by Gasteiger charge is -2.24. The first-order valence-corrected chi connectivity index (χ1v) is 7.18. The Morgan fingerprint density at radius 2 is 2.00 bits per heavy atom. The van der Waals surface area contributed by atoms with Gasteiger partial charge in [-0.15, -0.1) is 0 Å². The van der Waals surface area contributed by atoms with Crippen LogP contribution in [0, 0.1) is 5.82 Å². The molecule has 0 bridgehead atoms. The van der Waals surface area contributed by atoms with Crippen LogP contribution in [-0.4, -0.2) is 9.30 Å². The molecule has 1 aromatic rings. The maximum Gasteiger partial charge on any atom is 0.266 e. The second-order valence-electron chi connectivity index (χ2n) is 5.03. The first kappa shape index (κ1) is 16.3. The van der Waals surface area contributed by atoms with Crippen LogP contribution >= 0.6 is 0 Å². The van der Waals surface area contributed by atoms with E-state index in [2.05, 4.69) is 0 Å². The molecule has 6 heteroatoms. The summed E-state index contributed by atoms with van der Waals surface area (Å²) in [5.41, 5.74) is -0.310. The van der Waals surface area contributed by atoms with Crippen LogP contribution in [0.15, 0.2) is 18.2 Å². The van der Waals surface area contributed by atoms with E-state index in [1.807, 2.05) is 0 Å². The zero-order valence-corrected chi connectivity index (χ0v) is 11.8. The minimum atomic E-state index is -2.81. The van der Waals surface area contributed by atoms with Gasteiger partial charge in [-0.1, -0.05) is 18.2 Å². The van der Waals surface area contributed by atoms with Gasteiger partial charge in [0.05, 0.1) is 5.56 Å². The summed E-state index contributed by atoms with van der Waals surface area (Å²) in [6.45, 7) is 3.52. The number of alkyl halides is 2. The van der Waals surface area contributed by atoms with Crippen molar-refractivity contribution in [1.82, 2.24) is 0 Å². The van der Waals surface area contributed by atoms with Crippen LogP contribution in [0.25, 0.3) is 0 Å². The molecular formula is C13H18F3NOS. The van der Waals surface area contributed by atoms with Crippen LogP contribution in [0.3, 0.4) is 0 Å². The van der Waals surface area contributed by atoms with Crippen molar-refractivity contribution >= 4 is 11.4 Å². The third kappa shape index (κ3) is 4.40. The van der Waals surface area contributed by atoms with Crippen LogP contribution in [0.5, 0.6) is 0 Å². The average molecular weight is 293 g/mol. The molecule has 0 saturated heterocycles. The highest BCUT2D eigenvalue weighted by Gasteiger charge is 2.29. The van der Waals surface area contributed by atoms with Crippen molar-refractivity contribution in [3.05, 3.63) is 35.1 Å². The maximum atomic E-state index is 13.7. The fourth-order valence-electron chi connectivity index (χ4n) is 1.77. The fraction of sp³-hybridized carbons (Fsp3) is 0.538. The Balaban J connectivity index is 2.67. The van der Waals surface area contributed by atoms with Crippen molar-refractivity contribution in [1.29, 1.82) is 0 Å². The molecule has 0 aliphatic rings. The van der Waals surface area contributed by atoms with Crippen molar-refractivity contribution < 1.29 is 17.7 Å². The molecule has 19 heavy (non-hydrogen) atoms. The lowest BCUT2D eigenvalue weighted by atomic mass is 10.00. The number of aryl methyl sites for hydroxylation is 1. The predicted molar refractivity (Wildman–Crippen MR) is 70.7 cm³/mol. The largest absolute Gasteiger partial charge is 0.598 e. The number of hydrogen-bond donors (Lipinski definition) is 1. The molecule has 0 saturated carbocycles. The fourth-order valence-corrected chi connectivity index (χ4v) is 2.11. The Morgan fingerprint density at radius 3 is 2.53 bits per heavy atom. The van der Waals surface area contributed by atoms with E-state index in [4.69, 9.17) is 5.14 Å². The van der Waals surface area contributed by atoms with Crippen molar-refractivity contribution in [3.63, 3.8) is 0 Å². The smallest absolute Gasteiger partial charge is 0.266 e. The van der Waals surface area contributed by atoms with Gasteiger partial charge in [0.2, 0.25) is 0 Å². The zero-order chi connectivity index (χ0) is 14.6. The van der Waals surface area contributed by atoms with Crippen molar-refractivity contribution in [2.45, 2.75) is 44.3 Å². The molecule has 0 fully saturated rings. The number of rotatable bonds is 6. The molecule has 0 spiro atoms. The van der Waals surface area contributed by atoms with Crippen LogP contribution < -0.4 is 5.14 Å². The van der Waals surface area contributed by atoms with Crippen molar-refractivity contribution in [2.75, 3.05) is 0 Å². The summed E-state index contributed by atoms with van der Waals surface area (Å²) in [5.74, 6) is -0.843. The van der Waals surface area contributed by atoms with Crippen molar-refractivity contribution in [2.24, 2.45) is 5.14 Å². The minimum Gasteiger partial charge on any atom is -0.598 e. The quantitative estimate of drug-likeness (QED) is 0.816. The highest BCUT2D eigenvalue weighted by molar-refractivity contribution is 7.90. The predicted octanol–water partition coefficient (Wildman–Crippen LogP) is 3.49. The summed E-state index contributed by atoms with van der Waals surface area (Å²) >= 11 is -1.46. The standard InChI is InChI=1S/C13H18F3NOS/c1-13(2,19(17)18)8-4-6-9-5-3-7-10(11(9)14)12(15)16/h3,5,7,12H,4,6,8,17H2,1-2H3. The summed E-state index contributed by atoms with van der Waals surface area (Å²) in [6.07, 6.45) is -1.41. The second kappa shape index (κ2) is 6.63. The molecule has 0 aliphatic heterocycles. The first-order chi connectivity index (χ1) is 8.75. The van der Waals surface area contributed by atoms with E-state index in [-0.39, 0.29) is 5.56 Å². The van der Waals surface area contributed by atoms with E-state index < -0.39 is 33.9 Å². The lowest BCUT2D eigenvalue weighted by molar-refractivity contribution is 0.146. The number of benzene rings is 1. The Bertz CT molecular complexity index is 424. The van der Waals surface area contributed by atoms with Gasteiger partial charge in [0.1, 0.15) is 10.6 Å². The van der Waals surface area contributed by atoms with Gasteiger partial charge in [-0.2, -0.15) is 5.14 Å². The Labute approximate surface area is 114 Å². The molecule has 0 heterocycles. The monoisotopic (exact) mass is 293 g/mol. The third-order valence-electron chi connectivity index (χ3n) is 3.11. The molecule has 1 rings (SSSR count). The molecule has 0 aliphatic carbocycles. The van der Waals surface area contributed by atoms with Gasteiger partial charge < -0.3 is 4.55 Å². The second-order valence-corrected chi connectivity index (χ2v) is 6.73. The van der Waals surface area contributed by atoms with E-state index in [1.165, 1.54) is 12.1 Å². The highest BCUT2D eigenvalue weighted by atomic mass is 32.2. The summed E-state index contributed by atoms with van der Waals surface area (Å²) in [5, 5.41) is 5.34. The Kier molecular flexibility index (Phi) is 5.70. The Morgan fingerprint density at radius 1 is 1.37 bits per heavy atom. The van der Waals surface area contributed by atoms with Gasteiger partial charge in [0.15, 0.2) is 0 Å². The topological polar surface area (TPSA) is 49.1 Å². The van der Waals surface area contributed by atoms with Crippen molar-refractivity contribution in [3.8, 4) is 0 Å². The third-order valence-corrected chi connectivity index (χ3v) is 4.41. The molecule has 1 unspecified atom stereocenters. The normalized spacial score (nSPS) is 13.9. The van der Waals surface area contributed by atoms with Crippen LogP contribution in [-0.2, 0) is 17.8 Å².